The van der Waals surface area contributed by atoms with Crippen LogP contribution in [-0.4, -0.2) is 53.7 Å². The minimum absolute atomic E-state index is 0.0665. The molecule has 4 heterocycles. The number of aromatic nitrogens is 1. The van der Waals surface area contributed by atoms with Crippen molar-refractivity contribution in [2.24, 2.45) is 0 Å². The molecule has 0 N–H and O–H groups in total. The summed E-state index contributed by atoms with van der Waals surface area (Å²) in [5.41, 5.74) is 0.918. The quantitative estimate of drug-likeness (QED) is 0.348. The van der Waals surface area contributed by atoms with Crippen molar-refractivity contribution >= 4 is 23.6 Å². The molecule has 0 aliphatic carbocycles. The molecule has 0 saturated carbocycles. The van der Waals surface area contributed by atoms with Gasteiger partial charge in [-0.15, -0.1) is 11.8 Å². The fraction of sp³-hybridized carbons (Fsp3) is 0.321. The predicted octanol–water partition coefficient (Wildman–Crippen LogP) is 3.56. The molecule has 3 aliphatic rings. The average Bonchev–Trinajstić information content (AvgIpc) is 3.09. The summed E-state index contributed by atoms with van der Waals surface area (Å²) in [5.74, 6) is -3.02. The van der Waals surface area contributed by atoms with E-state index in [1.165, 1.54) is 42.5 Å². The van der Waals surface area contributed by atoms with Gasteiger partial charge in [0.2, 0.25) is 17.5 Å². The fourth-order valence-electron chi connectivity index (χ4n) is 5.51. The van der Waals surface area contributed by atoms with Crippen LogP contribution in [0.4, 0.5) is 8.78 Å². The topological polar surface area (TPSA) is 90.3 Å². The second-order valence-electron chi connectivity index (χ2n) is 9.59. The first-order valence-corrected chi connectivity index (χ1v) is 13.7. The molecule has 3 aromatic rings. The van der Waals surface area contributed by atoms with Gasteiger partial charge >= 0.3 is 5.97 Å². The number of carbonyl (C=O) groups excluding carboxylic acids is 2. The molecule has 0 spiro atoms. The predicted molar refractivity (Wildman–Crippen MR) is 141 cm³/mol. The molecule has 0 bridgehead atoms. The molecular formula is C28H25F2N3O6S. The smallest absolute Gasteiger partial charge is 0.305 e. The van der Waals surface area contributed by atoms with Crippen molar-refractivity contribution in [2.75, 3.05) is 24.8 Å². The van der Waals surface area contributed by atoms with Gasteiger partial charge in [0, 0.05) is 48.9 Å². The van der Waals surface area contributed by atoms with Crippen molar-refractivity contribution < 1.29 is 32.6 Å². The van der Waals surface area contributed by atoms with Gasteiger partial charge in [0.05, 0.1) is 19.3 Å². The van der Waals surface area contributed by atoms with Crippen LogP contribution in [0.3, 0.4) is 0 Å². The molecule has 3 atom stereocenters. The van der Waals surface area contributed by atoms with Crippen LogP contribution in [-0.2, 0) is 20.0 Å². The number of halogens is 2. The number of ether oxygens (including phenoxy) is 3. The van der Waals surface area contributed by atoms with Crippen LogP contribution in [0.2, 0.25) is 0 Å². The van der Waals surface area contributed by atoms with E-state index in [4.69, 9.17) is 14.2 Å². The van der Waals surface area contributed by atoms with Crippen LogP contribution < -0.4 is 15.2 Å². The summed E-state index contributed by atoms with van der Waals surface area (Å²) in [4.78, 5) is 40.9. The Balaban J connectivity index is 1.61. The van der Waals surface area contributed by atoms with Crippen molar-refractivity contribution in [1.29, 1.82) is 0 Å². The van der Waals surface area contributed by atoms with Crippen LogP contribution in [0.1, 0.15) is 47.1 Å². The number of morpholine rings is 1. The standard InChI is InChI=1S/C28H25F2N3O6S/c1-15(34)38-16(2)39-27-21(35)9-10-32-26(27)28(36)31-11-12-37-13-23(31)33(32)25-17-7-8-20(29)24(30)19(17)14-40-22-6-4-3-5-18(22)25/h3-10,16,23,25H,11-14H2,1-2H3/t16-,23+,25-/m0/s1. The first-order chi connectivity index (χ1) is 19.3. The number of carbonyl (C=O) groups is 2. The van der Waals surface area contributed by atoms with Gasteiger partial charge in [-0.05, 0) is 23.3 Å². The van der Waals surface area contributed by atoms with Crippen LogP contribution >= 0.6 is 11.8 Å². The van der Waals surface area contributed by atoms with E-state index in [0.29, 0.717) is 5.56 Å². The van der Waals surface area contributed by atoms with Crippen molar-refractivity contribution in [3.05, 3.63) is 92.9 Å². The number of hydrogen-bond donors (Lipinski definition) is 0. The second kappa shape index (κ2) is 10.3. The van der Waals surface area contributed by atoms with Crippen LogP contribution in [0, 0.1) is 11.6 Å². The van der Waals surface area contributed by atoms with E-state index in [9.17, 15) is 18.8 Å². The summed E-state index contributed by atoms with van der Waals surface area (Å²) >= 11 is 1.40. The van der Waals surface area contributed by atoms with Gasteiger partial charge in [0.1, 0.15) is 6.17 Å². The Morgan fingerprint density at radius 3 is 2.73 bits per heavy atom. The Kier molecular flexibility index (Phi) is 6.75. The van der Waals surface area contributed by atoms with Crippen LogP contribution in [0.25, 0.3) is 0 Å². The monoisotopic (exact) mass is 569 g/mol. The van der Waals surface area contributed by atoms with Gasteiger partial charge in [-0.25, -0.2) is 8.78 Å². The number of rotatable bonds is 4. The molecule has 1 amide bonds. The largest absolute Gasteiger partial charge is 0.448 e. The molecule has 1 saturated heterocycles. The number of fused-ring (bicyclic) bond motifs is 4. The van der Waals surface area contributed by atoms with Crippen LogP contribution in [0.5, 0.6) is 5.75 Å². The molecule has 1 fully saturated rings. The molecule has 0 unspecified atom stereocenters. The van der Waals surface area contributed by atoms with E-state index < -0.39 is 47.4 Å². The number of amides is 1. The highest BCUT2D eigenvalue weighted by atomic mass is 32.2. The molecule has 1 aromatic heterocycles. The van der Waals surface area contributed by atoms with E-state index >= 15 is 4.39 Å². The number of thioether (sulfide) groups is 1. The zero-order chi connectivity index (χ0) is 28.1. The lowest BCUT2D eigenvalue weighted by Crippen LogP contribution is -2.66. The molecule has 6 rings (SSSR count). The first-order valence-electron chi connectivity index (χ1n) is 12.7. The fourth-order valence-corrected chi connectivity index (χ4v) is 6.62. The Hall–Kier alpha value is -3.90. The zero-order valence-corrected chi connectivity index (χ0v) is 22.5. The molecule has 2 aromatic carbocycles. The Bertz CT molecular complexity index is 1580. The third-order valence-corrected chi connectivity index (χ3v) is 8.26. The van der Waals surface area contributed by atoms with E-state index in [1.807, 2.05) is 29.3 Å². The van der Waals surface area contributed by atoms with Gasteiger partial charge in [-0.1, -0.05) is 24.3 Å². The average molecular weight is 570 g/mol. The third kappa shape index (κ3) is 4.31. The molecular weight excluding hydrogens is 544 g/mol. The molecule has 12 heteroatoms. The highest BCUT2D eigenvalue weighted by Gasteiger charge is 2.46. The SMILES string of the molecule is CC(=O)O[C@H](C)Oc1c2n(ccc1=O)N([C@@H]1c3ccccc3SCc3c1ccc(F)c3F)[C@@H]1COCCN1C2=O. The lowest BCUT2D eigenvalue weighted by Gasteiger charge is -2.51. The second-order valence-corrected chi connectivity index (χ2v) is 10.6. The summed E-state index contributed by atoms with van der Waals surface area (Å²) in [6.45, 7) is 3.30. The Morgan fingerprint density at radius 1 is 1.12 bits per heavy atom. The minimum atomic E-state index is -1.14. The summed E-state index contributed by atoms with van der Waals surface area (Å²) in [6, 6.07) is 10.8. The maximum Gasteiger partial charge on any atom is 0.305 e. The maximum absolute atomic E-state index is 15.3. The molecule has 9 nitrogen and oxygen atoms in total. The normalized spacial score (nSPS) is 20.4. The zero-order valence-electron chi connectivity index (χ0n) is 21.6. The highest BCUT2D eigenvalue weighted by Crippen LogP contribution is 2.45. The van der Waals surface area contributed by atoms with Crippen molar-refractivity contribution in [2.45, 2.75) is 43.0 Å². The van der Waals surface area contributed by atoms with Gasteiger partial charge in [-0.2, -0.15) is 0 Å². The number of nitrogens with zero attached hydrogens (tertiary/aromatic N) is 3. The Labute approximate surface area is 232 Å². The van der Waals surface area contributed by atoms with Crippen LogP contribution in [0.15, 0.2) is 58.4 Å². The van der Waals surface area contributed by atoms with Crippen molar-refractivity contribution in [1.82, 2.24) is 9.58 Å². The highest BCUT2D eigenvalue weighted by molar-refractivity contribution is 7.98. The van der Waals surface area contributed by atoms with E-state index in [-0.39, 0.29) is 42.5 Å². The van der Waals surface area contributed by atoms with Crippen molar-refractivity contribution in [3.63, 3.8) is 0 Å². The van der Waals surface area contributed by atoms with E-state index in [1.54, 1.807) is 11.0 Å². The molecule has 208 valence electrons. The van der Waals surface area contributed by atoms with E-state index in [2.05, 4.69) is 0 Å². The van der Waals surface area contributed by atoms with Crippen molar-refractivity contribution in [3.8, 4) is 5.75 Å². The number of pyridine rings is 1. The number of esters is 1. The summed E-state index contributed by atoms with van der Waals surface area (Å²) in [6.07, 6.45) is -0.323. The number of benzene rings is 2. The van der Waals surface area contributed by atoms with Gasteiger partial charge < -0.3 is 19.1 Å². The minimum Gasteiger partial charge on any atom is -0.448 e. The Morgan fingerprint density at radius 2 is 1.93 bits per heavy atom. The van der Waals surface area contributed by atoms with E-state index in [0.717, 1.165) is 16.5 Å². The number of hydrogen-bond acceptors (Lipinski definition) is 8. The lowest BCUT2D eigenvalue weighted by molar-refractivity contribution is -0.158. The molecule has 40 heavy (non-hydrogen) atoms. The van der Waals surface area contributed by atoms with Gasteiger partial charge in [0.25, 0.3) is 5.91 Å². The van der Waals surface area contributed by atoms with Gasteiger partial charge in [-0.3, -0.25) is 24.1 Å². The summed E-state index contributed by atoms with van der Waals surface area (Å²) in [5, 5.41) is 1.85. The lowest BCUT2D eigenvalue weighted by atomic mass is 9.93. The molecule has 3 aliphatic heterocycles. The third-order valence-electron chi connectivity index (χ3n) is 7.15. The summed E-state index contributed by atoms with van der Waals surface area (Å²) in [7, 11) is 0. The van der Waals surface area contributed by atoms with Gasteiger partial charge in [0.15, 0.2) is 17.3 Å². The summed E-state index contributed by atoms with van der Waals surface area (Å²) < 4.78 is 47.9. The molecule has 0 radical (unpaired) electrons. The first kappa shape index (κ1) is 26.3. The maximum atomic E-state index is 15.3.